The van der Waals surface area contributed by atoms with E-state index < -0.39 is 6.04 Å². The molecule has 0 bridgehead atoms. The van der Waals surface area contributed by atoms with Gasteiger partial charge in [-0.3, -0.25) is 0 Å². The first kappa shape index (κ1) is 14.6. The van der Waals surface area contributed by atoms with Gasteiger partial charge in [0.05, 0.1) is 27.4 Å². The van der Waals surface area contributed by atoms with Crippen molar-refractivity contribution >= 4 is 34.5 Å². The van der Waals surface area contributed by atoms with Crippen LogP contribution in [0.4, 0.5) is 4.39 Å². The van der Waals surface area contributed by atoms with E-state index in [4.69, 9.17) is 27.9 Å². The van der Waals surface area contributed by atoms with Crippen LogP contribution in [-0.4, -0.2) is 14.2 Å². The minimum Gasteiger partial charge on any atom is -0.496 e. The first-order chi connectivity index (χ1) is 9.08. The predicted octanol–water partition coefficient (Wildman–Crippen LogP) is 4.51. The average Bonchev–Trinajstić information content (AvgIpc) is 2.71. The van der Waals surface area contributed by atoms with Gasteiger partial charge in [-0.25, -0.2) is 4.39 Å². The van der Waals surface area contributed by atoms with Gasteiger partial charge in [0.25, 0.3) is 0 Å². The molecule has 0 aliphatic carbocycles. The van der Waals surface area contributed by atoms with Gasteiger partial charge in [0.2, 0.25) is 0 Å². The van der Waals surface area contributed by atoms with E-state index in [2.05, 4.69) is 5.32 Å². The summed E-state index contributed by atoms with van der Waals surface area (Å²) >= 11 is 13.4. The molecule has 19 heavy (non-hydrogen) atoms. The Bertz CT molecular complexity index is 588. The first-order valence-corrected chi connectivity index (χ1v) is 7.10. The molecular formula is C13H12Cl2FNOS. The number of rotatable bonds is 4. The van der Waals surface area contributed by atoms with Gasteiger partial charge < -0.3 is 10.1 Å². The van der Waals surface area contributed by atoms with Crippen molar-refractivity contribution in [2.75, 3.05) is 14.2 Å². The van der Waals surface area contributed by atoms with Crippen LogP contribution in [0.3, 0.4) is 0 Å². The third kappa shape index (κ3) is 2.87. The van der Waals surface area contributed by atoms with Gasteiger partial charge in [-0.05, 0) is 25.2 Å². The second-order valence-corrected chi connectivity index (χ2v) is 6.14. The van der Waals surface area contributed by atoms with Crippen LogP contribution in [-0.2, 0) is 0 Å². The Labute approximate surface area is 125 Å². The summed E-state index contributed by atoms with van der Waals surface area (Å²) in [6.07, 6.45) is 0. The molecule has 0 fully saturated rings. The number of benzene rings is 1. The van der Waals surface area contributed by atoms with Crippen molar-refractivity contribution in [1.82, 2.24) is 5.32 Å². The molecule has 1 atom stereocenters. The standard InChI is InChI=1S/C13H12Cl2FNOS/c1-17-12(7-6-10(14)19-13(7)15)11-8(16)4-3-5-9(11)18-2/h3-6,12,17H,1-2H3. The molecule has 6 heteroatoms. The molecule has 1 N–H and O–H groups in total. The maximum atomic E-state index is 14.1. The van der Waals surface area contributed by atoms with Crippen molar-refractivity contribution in [3.05, 3.63) is 49.9 Å². The van der Waals surface area contributed by atoms with Gasteiger partial charge in [0.15, 0.2) is 0 Å². The molecule has 102 valence electrons. The van der Waals surface area contributed by atoms with Crippen molar-refractivity contribution < 1.29 is 9.13 Å². The van der Waals surface area contributed by atoms with E-state index >= 15 is 0 Å². The highest BCUT2D eigenvalue weighted by atomic mass is 35.5. The lowest BCUT2D eigenvalue weighted by Gasteiger charge is -2.19. The molecular weight excluding hydrogens is 308 g/mol. The Kier molecular flexibility index (Phi) is 4.68. The second kappa shape index (κ2) is 6.09. The van der Waals surface area contributed by atoms with Crippen LogP contribution < -0.4 is 10.1 Å². The van der Waals surface area contributed by atoms with Gasteiger partial charge >= 0.3 is 0 Å². The van der Waals surface area contributed by atoms with Crippen LogP contribution in [0.1, 0.15) is 17.2 Å². The van der Waals surface area contributed by atoms with Crippen molar-refractivity contribution in [1.29, 1.82) is 0 Å². The van der Waals surface area contributed by atoms with Crippen molar-refractivity contribution in [3.63, 3.8) is 0 Å². The van der Waals surface area contributed by atoms with Gasteiger partial charge in [-0.1, -0.05) is 29.3 Å². The third-order valence-electron chi connectivity index (χ3n) is 2.80. The van der Waals surface area contributed by atoms with E-state index in [9.17, 15) is 4.39 Å². The SMILES string of the molecule is CNC(c1cc(Cl)sc1Cl)c1c(F)cccc1OC. The van der Waals surface area contributed by atoms with E-state index in [1.54, 1.807) is 25.2 Å². The summed E-state index contributed by atoms with van der Waals surface area (Å²) in [7, 11) is 3.24. The predicted molar refractivity (Wildman–Crippen MR) is 78.2 cm³/mol. The molecule has 1 unspecified atom stereocenters. The van der Waals surface area contributed by atoms with Gasteiger partial charge in [-0.2, -0.15) is 0 Å². The summed E-state index contributed by atoms with van der Waals surface area (Å²) in [5.41, 5.74) is 1.16. The average molecular weight is 320 g/mol. The summed E-state index contributed by atoms with van der Waals surface area (Å²) in [5.74, 6) is 0.120. The molecule has 1 heterocycles. The van der Waals surface area contributed by atoms with Crippen molar-refractivity contribution in [2.24, 2.45) is 0 Å². The van der Waals surface area contributed by atoms with Crippen LogP contribution in [0.2, 0.25) is 8.67 Å². The third-order valence-corrected chi connectivity index (χ3v) is 4.32. The Hall–Kier alpha value is -0.810. The van der Waals surface area contributed by atoms with Crippen LogP contribution in [0, 0.1) is 5.82 Å². The molecule has 0 saturated heterocycles. The first-order valence-electron chi connectivity index (χ1n) is 5.52. The lowest BCUT2D eigenvalue weighted by molar-refractivity contribution is 0.399. The highest BCUT2D eigenvalue weighted by Gasteiger charge is 2.24. The molecule has 2 rings (SSSR count). The molecule has 0 amide bonds. The normalized spacial score (nSPS) is 12.5. The highest BCUT2D eigenvalue weighted by Crippen LogP contribution is 2.40. The Morgan fingerprint density at radius 1 is 1.37 bits per heavy atom. The summed E-state index contributed by atoms with van der Waals surface area (Å²) < 4.78 is 20.4. The van der Waals surface area contributed by atoms with Gasteiger partial charge in [-0.15, -0.1) is 11.3 Å². The summed E-state index contributed by atoms with van der Waals surface area (Å²) in [4.78, 5) is 0. The monoisotopic (exact) mass is 319 g/mol. The largest absolute Gasteiger partial charge is 0.496 e. The van der Waals surface area contributed by atoms with Gasteiger partial charge in [0, 0.05) is 5.56 Å². The fraction of sp³-hybridized carbons (Fsp3) is 0.231. The highest BCUT2D eigenvalue weighted by molar-refractivity contribution is 7.20. The summed E-state index contributed by atoms with van der Waals surface area (Å²) in [5, 5.41) is 3.05. The molecule has 0 saturated carbocycles. The van der Waals surface area contributed by atoms with Crippen molar-refractivity contribution in [3.8, 4) is 5.75 Å². The van der Waals surface area contributed by atoms with E-state index in [0.717, 1.165) is 5.56 Å². The number of hydrogen-bond acceptors (Lipinski definition) is 3. The topological polar surface area (TPSA) is 21.3 Å². The van der Waals surface area contributed by atoms with Crippen LogP contribution in [0.5, 0.6) is 5.75 Å². The smallest absolute Gasteiger partial charge is 0.132 e. The maximum Gasteiger partial charge on any atom is 0.132 e. The molecule has 2 aromatic rings. The minimum atomic E-state index is -0.410. The van der Waals surface area contributed by atoms with Crippen LogP contribution in [0.15, 0.2) is 24.3 Å². The zero-order chi connectivity index (χ0) is 14.0. The fourth-order valence-corrected chi connectivity index (χ4v) is 3.51. The number of nitrogens with one attached hydrogen (secondary N) is 1. The quantitative estimate of drug-likeness (QED) is 0.895. The number of halogens is 3. The number of hydrogen-bond donors (Lipinski definition) is 1. The molecule has 2 nitrogen and oxygen atoms in total. The summed E-state index contributed by atoms with van der Waals surface area (Å²) in [6.45, 7) is 0. The van der Waals surface area contributed by atoms with E-state index in [1.165, 1.54) is 24.5 Å². The molecule has 0 aliphatic heterocycles. The summed E-state index contributed by atoms with van der Waals surface area (Å²) in [6, 6.07) is 6.04. The Balaban J connectivity index is 2.57. The zero-order valence-corrected chi connectivity index (χ0v) is 12.7. The van der Waals surface area contributed by atoms with E-state index in [-0.39, 0.29) is 5.82 Å². The molecule has 1 aromatic heterocycles. The fourth-order valence-electron chi connectivity index (χ4n) is 1.98. The molecule has 0 radical (unpaired) electrons. The Morgan fingerprint density at radius 2 is 2.11 bits per heavy atom. The number of thiophene rings is 1. The number of ether oxygens (including phenoxy) is 1. The zero-order valence-electron chi connectivity index (χ0n) is 10.3. The molecule has 0 spiro atoms. The maximum absolute atomic E-state index is 14.1. The number of methoxy groups -OCH3 is 1. The lowest BCUT2D eigenvalue weighted by atomic mass is 10.00. The van der Waals surface area contributed by atoms with E-state index in [0.29, 0.717) is 20.0 Å². The second-order valence-electron chi connectivity index (χ2n) is 3.86. The molecule has 1 aromatic carbocycles. The van der Waals surface area contributed by atoms with Crippen LogP contribution >= 0.6 is 34.5 Å². The lowest BCUT2D eigenvalue weighted by Crippen LogP contribution is -2.19. The Morgan fingerprint density at radius 3 is 2.63 bits per heavy atom. The van der Waals surface area contributed by atoms with Crippen LogP contribution in [0.25, 0.3) is 0 Å². The molecule has 0 aliphatic rings. The van der Waals surface area contributed by atoms with Crippen molar-refractivity contribution in [2.45, 2.75) is 6.04 Å². The van der Waals surface area contributed by atoms with Gasteiger partial charge in [0.1, 0.15) is 11.6 Å². The van der Waals surface area contributed by atoms with E-state index in [1.807, 2.05) is 0 Å². The minimum absolute atomic E-state index is 0.350.